The Morgan fingerprint density at radius 3 is 2.72 bits per heavy atom. The molecule has 0 fully saturated rings. The summed E-state index contributed by atoms with van der Waals surface area (Å²) in [5.41, 5.74) is 3.00. The molecule has 0 bridgehead atoms. The van der Waals surface area contributed by atoms with Gasteiger partial charge in [0.2, 0.25) is 4.73 Å². The Morgan fingerprint density at radius 1 is 1.17 bits per heavy atom. The maximum atomic E-state index is 12.4. The van der Waals surface area contributed by atoms with E-state index in [1.54, 1.807) is 24.3 Å². The zero-order valence-corrected chi connectivity index (χ0v) is 17.1. The Morgan fingerprint density at radius 2 is 1.97 bits per heavy atom. The van der Waals surface area contributed by atoms with Crippen molar-refractivity contribution in [1.29, 1.82) is 0 Å². The minimum Gasteiger partial charge on any atom is -0.480 e. The topological polar surface area (TPSA) is 109 Å². The number of hydrogen-bond acceptors (Lipinski definition) is 5. The second-order valence-corrected chi connectivity index (χ2v) is 7.29. The van der Waals surface area contributed by atoms with Crippen molar-refractivity contribution in [2.75, 3.05) is 6.54 Å². The predicted molar refractivity (Wildman–Crippen MR) is 110 cm³/mol. The highest BCUT2D eigenvalue weighted by Crippen LogP contribution is 2.30. The Balaban J connectivity index is 1.88. The number of carboxylic acids is 1. The molecule has 0 radical (unpaired) electrons. The molecule has 1 aromatic heterocycles. The third-order valence-corrected chi connectivity index (χ3v) is 5.20. The van der Waals surface area contributed by atoms with Crippen LogP contribution in [0.15, 0.2) is 52.2 Å². The first-order valence-corrected chi connectivity index (χ1v) is 9.66. The number of benzene rings is 2. The summed E-state index contributed by atoms with van der Waals surface area (Å²) in [6, 6.07) is 12.3. The van der Waals surface area contributed by atoms with E-state index in [0.717, 1.165) is 5.69 Å². The van der Waals surface area contributed by atoms with Crippen molar-refractivity contribution in [3.63, 3.8) is 0 Å². The number of hydrogen-bond donors (Lipinski definition) is 2. The first kappa shape index (κ1) is 19.3. The van der Waals surface area contributed by atoms with Crippen LogP contribution in [0.5, 0.6) is 0 Å². The molecule has 8 nitrogen and oxygen atoms in total. The quantitative estimate of drug-likeness (QED) is 0.604. The lowest BCUT2D eigenvalue weighted by Crippen LogP contribution is -2.29. The van der Waals surface area contributed by atoms with E-state index in [4.69, 9.17) is 16.7 Å². The fourth-order valence-corrected chi connectivity index (χ4v) is 3.77. The van der Waals surface area contributed by atoms with Crippen molar-refractivity contribution in [2.24, 2.45) is 4.99 Å². The second kappa shape index (κ2) is 7.76. The van der Waals surface area contributed by atoms with Crippen molar-refractivity contribution in [3.8, 4) is 5.69 Å². The molecule has 1 amide bonds. The van der Waals surface area contributed by atoms with E-state index >= 15 is 0 Å². The molecule has 0 spiro atoms. The molecular weight excluding hydrogens is 462 g/mol. The predicted octanol–water partition coefficient (Wildman–Crippen LogP) is 2.85. The van der Waals surface area contributed by atoms with Gasteiger partial charge in [0, 0.05) is 21.7 Å². The number of carbonyl (C=O) groups is 2. The highest BCUT2D eigenvalue weighted by atomic mass is 79.9. The van der Waals surface area contributed by atoms with Gasteiger partial charge in [-0.3, -0.25) is 19.1 Å². The van der Waals surface area contributed by atoms with Gasteiger partial charge in [0.25, 0.3) is 5.91 Å². The normalized spacial score (nSPS) is 12.4. The SMILES string of the molecule is O=C(O)CNC(=O)c1ccc2c(c1)C(c1ccccc1Cl)=NCc1nnc(Br)n1-2. The molecule has 0 saturated carbocycles. The summed E-state index contributed by atoms with van der Waals surface area (Å²) < 4.78 is 2.31. The lowest BCUT2D eigenvalue weighted by molar-refractivity contribution is -0.135. The molecule has 3 aromatic rings. The number of amides is 1. The van der Waals surface area contributed by atoms with Crippen LogP contribution < -0.4 is 5.32 Å². The Kier molecular flexibility index (Phi) is 5.16. The number of aliphatic carboxylic acids is 1. The molecule has 2 aromatic carbocycles. The number of nitrogens with zero attached hydrogens (tertiary/aromatic N) is 4. The lowest BCUT2D eigenvalue weighted by atomic mass is 9.98. The summed E-state index contributed by atoms with van der Waals surface area (Å²) in [4.78, 5) is 27.9. The molecule has 0 unspecified atom stereocenters. The van der Waals surface area contributed by atoms with Crippen LogP contribution in [0.3, 0.4) is 0 Å². The summed E-state index contributed by atoms with van der Waals surface area (Å²) in [5.74, 6) is -0.992. The summed E-state index contributed by atoms with van der Waals surface area (Å²) in [6.45, 7) is -0.198. The first-order chi connectivity index (χ1) is 14.0. The van der Waals surface area contributed by atoms with E-state index < -0.39 is 18.4 Å². The van der Waals surface area contributed by atoms with Crippen LogP contribution >= 0.6 is 27.5 Å². The molecule has 4 rings (SSSR count). The van der Waals surface area contributed by atoms with E-state index in [1.165, 1.54) is 0 Å². The molecule has 146 valence electrons. The maximum Gasteiger partial charge on any atom is 0.322 e. The Bertz CT molecular complexity index is 1170. The molecule has 2 heterocycles. The average Bonchev–Trinajstić information content (AvgIpc) is 2.99. The van der Waals surface area contributed by atoms with Crippen molar-refractivity contribution < 1.29 is 14.7 Å². The molecule has 1 aliphatic heterocycles. The highest BCUT2D eigenvalue weighted by Gasteiger charge is 2.24. The summed E-state index contributed by atoms with van der Waals surface area (Å²) in [5, 5.41) is 19.9. The van der Waals surface area contributed by atoms with Gasteiger partial charge in [-0.15, -0.1) is 10.2 Å². The van der Waals surface area contributed by atoms with E-state index in [9.17, 15) is 9.59 Å². The Labute approximate surface area is 178 Å². The summed E-state index contributed by atoms with van der Waals surface area (Å²) in [7, 11) is 0. The first-order valence-electron chi connectivity index (χ1n) is 8.49. The summed E-state index contributed by atoms with van der Waals surface area (Å²) >= 11 is 9.81. The Hall–Kier alpha value is -3.04. The number of halogens is 2. The van der Waals surface area contributed by atoms with Gasteiger partial charge in [0.1, 0.15) is 13.1 Å². The molecule has 0 saturated heterocycles. The van der Waals surface area contributed by atoms with Gasteiger partial charge in [-0.1, -0.05) is 29.8 Å². The number of aromatic nitrogens is 3. The molecule has 0 atom stereocenters. The van der Waals surface area contributed by atoms with E-state index in [-0.39, 0.29) is 6.54 Å². The van der Waals surface area contributed by atoms with E-state index in [1.807, 2.05) is 22.8 Å². The average molecular weight is 475 g/mol. The zero-order valence-electron chi connectivity index (χ0n) is 14.8. The van der Waals surface area contributed by atoms with Gasteiger partial charge in [-0.25, -0.2) is 0 Å². The highest BCUT2D eigenvalue weighted by molar-refractivity contribution is 9.10. The molecule has 0 aliphatic carbocycles. The number of carboxylic acid groups (broad SMARTS) is 1. The number of nitrogens with one attached hydrogen (secondary N) is 1. The molecule has 1 aliphatic rings. The lowest BCUT2D eigenvalue weighted by Gasteiger charge is -2.14. The van der Waals surface area contributed by atoms with Crippen LogP contribution in [-0.2, 0) is 11.3 Å². The van der Waals surface area contributed by atoms with Crippen molar-refractivity contribution in [1.82, 2.24) is 20.1 Å². The van der Waals surface area contributed by atoms with Crippen LogP contribution in [0, 0.1) is 0 Å². The van der Waals surface area contributed by atoms with Crippen molar-refractivity contribution in [2.45, 2.75) is 6.54 Å². The number of aliphatic imine (C=N–C) groups is 1. The van der Waals surface area contributed by atoms with Crippen LogP contribution in [0.25, 0.3) is 5.69 Å². The van der Waals surface area contributed by atoms with Crippen molar-refractivity contribution in [3.05, 3.63) is 74.7 Å². The van der Waals surface area contributed by atoms with Crippen LogP contribution in [0.2, 0.25) is 5.02 Å². The van der Waals surface area contributed by atoms with Crippen LogP contribution in [-0.4, -0.2) is 44.0 Å². The third kappa shape index (κ3) is 3.66. The van der Waals surface area contributed by atoms with Crippen LogP contribution in [0.4, 0.5) is 0 Å². The van der Waals surface area contributed by atoms with Gasteiger partial charge in [0.15, 0.2) is 5.82 Å². The number of rotatable bonds is 4. The van der Waals surface area contributed by atoms with E-state index in [0.29, 0.717) is 38.0 Å². The van der Waals surface area contributed by atoms with Gasteiger partial charge < -0.3 is 10.4 Å². The minimum atomic E-state index is -1.12. The van der Waals surface area contributed by atoms with Gasteiger partial charge in [0.05, 0.1) is 11.4 Å². The maximum absolute atomic E-state index is 12.4. The molecule has 29 heavy (non-hydrogen) atoms. The summed E-state index contributed by atoms with van der Waals surface area (Å²) in [6.07, 6.45) is 0. The third-order valence-electron chi connectivity index (χ3n) is 4.35. The fraction of sp³-hybridized carbons (Fsp3) is 0.105. The van der Waals surface area contributed by atoms with E-state index in [2.05, 4.69) is 36.4 Å². The van der Waals surface area contributed by atoms with Gasteiger partial charge >= 0.3 is 5.97 Å². The molecule has 2 N–H and O–H groups in total. The smallest absolute Gasteiger partial charge is 0.322 e. The largest absolute Gasteiger partial charge is 0.480 e. The number of fused-ring (bicyclic) bond motifs is 3. The standard InChI is InChI=1S/C19H13BrClN5O3/c20-19-25-24-15-8-22-17(11-3-1-2-4-13(11)21)12-7-10(5-6-14(12)26(15)19)18(29)23-9-16(27)28/h1-7H,8-9H2,(H,23,29)(H,27,28). The minimum absolute atomic E-state index is 0.272. The fourth-order valence-electron chi connectivity index (χ4n) is 3.07. The number of carbonyl (C=O) groups excluding carboxylic acids is 1. The monoisotopic (exact) mass is 473 g/mol. The van der Waals surface area contributed by atoms with Gasteiger partial charge in [-0.05, 0) is 40.2 Å². The molecule has 10 heteroatoms. The van der Waals surface area contributed by atoms with Crippen molar-refractivity contribution >= 4 is 45.1 Å². The molecular formula is C19H13BrClN5O3. The zero-order chi connectivity index (χ0) is 20.5. The van der Waals surface area contributed by atoms with Gasteiger partial charge in [-0.2, -0.15) is 0 Å². The van der Waals surface area contributed by atoms with Crippen LogP contribution in [0.1, 0.15) is 27.3 Å². The second-order valence-electron chi connectivity index (χ2n) is 6.17.